The predicted octanol–water partition coefficient (Wildman–Crippen LogP) is 2.72. The molecule has 0 unspecified atom stereocenters. The molecule has 0 radical (unpaired) electrons. The number of benzene rings is 2. The Morgan fingerprint density at radius 3 is 2.04 bits per heavy atom. The third-order valence-electron chi connectivity index (χ3n) is 3.83. The van der Waals surface area contributed by atoms with Crippen molar-refractivity contribution in [3.63, 3.8) is 0 Å². The van der Waals surface area contributed by atoms with Crippen LogP contribution >= 0.6 is 0 Å². The molecule has 0 amide bonds. The van der Waals surface area contributed by atoms with E-state index in [1.165, 1.54) is 14.2 Å². The molecule has 0 atom stereocenters. The van der Waals surface area contributed by atoms with Crippen LogP contribution in [0.4, 0.5) is 0 Å². The highest BCUT2D eigenvalue weighted by molar-refractivity contribution is 6.09. The van der Waals surface area contributed by atoms with Gasteiger partial charge in [-0.15, -0.1) is 0 Å². The number of aromatic nitrogens is 1. The van der Waals surface area contributed by atoms with Gasteiger partial charge in [0.05, 0.1) is 39.3 Å². The second kappa shape index (κ2) is 5.72. The van der Waals surface area contributed by atoms with Crippen LogP contribution in [0.25, 0.3) is 21.7 Å². The van der Waals surface area contributed by atoms with Crippen molar-refractivity contribution in [1.29, 1.82) is 0 Å². The zero-order valence-electron chi connectivity index (χ0n) is 13.4. The quantitative estimate of drug-likeness (QED) is 0.750. The van der Waals surface area contributed by atoms with E-state index in [-0.39, 0.29) is 5.56 Å². The fraction of sp³-hybridized carbons (Fsp3) is 0.235. The first-order valence-corrected chi connectivity index (χ1v) is 6.97. The molecular formula is C17H17NO5. The van der Waals surface area contributed by atoms with Crippen LogP contribution in [-0.2, 0) is 0 Å². The Morgan fingerprint density at radius 2 is 1.43 bits per heavy atom. The van der Waals surface area contributed by atoms with Crippen LogP contribution in [-0.4, -0.2) is 33.4 Å². The number of hydrogen-bond acceptors (Lipinski definition) is 5. The van der Waals surface area contributed by atoms with E-state index in [4.69, 9.17) is 18.9 Å². The summed E-state index contributed by atoms with van der Waals surface area (Å²) in [5.74, 6) is 2.05. The molecular weight excluding hydrogens is 298 g/mol. The van der Waals surface area contributed by atoms with Crippen molar-refractivity contribution in [2.45, 2.75) is 0 Å². The summed E-state index contributed by atoms with van der Waals surface area (Å²) in [6, 6.07) is 7.18. The number of fused-ring (bicyclic) bond motifs is 3. The van der Waals surface area contributed by atoms with Crippen LogP contribution < -0.4 is 24.5 Å². The highest BCUT2D eigenvalue weighted by Crippen LogP contribution is 2.38. The first-order chi connectivity index (χ1) is 11.1. The predicted molar refractivity (Wildman–Crippen MR) is 88.3 cm³/mol. The van der Waals surface area contributed by atoms with Gasteiger partial charge < -0.3 is 23.9 Å². The van der Waals surface area contributed by atoms with Crippen LogP contribution in [0, 0.1) is 0 Å². The van der Waals surface area contributed by atoms with Crippen molar-refractivity contribution in [3.8, 4) is 23.0 Å². The molecule has 0 aliphatic carbocycles. The van der Waals surface area contributed by atoms with Gasteiger partial charge in [0.1, 0.15) is 0 Å². The van der Waals surface area contributed by atoms with E-state index in [2.05, 4.69) is 4.98 Å². The van der Waals surface area contributed by atoms with Gasteiger partial charge in [0, 0.05) is 16.8 Å². The SMILES string of the molecule is COc1cc2[nH]c(=O)c3c(OC)c(OC)ccc3c2cc1OC. The Balaban J connectivity index is 2.50. The lowest BCUT2D eigenvalue weighted by Gasteiger charge is -2.13. The van der Waals surface area contributed by atoms with Gasteiger partial charge in [-0.1, -0.05) is 0 Å². The zero-order chi connectivity index (χ0) is 16.6. The number of rotatable bonds is 4. The number of nitrogens with one attached hydrogen (secondary N) is 1. The highest BCUT2D eigenvalue weighted by Gasteiger charge is 2.16. The Morgan fingerprint density at radius 1 is 0.783 bits per heavy atom. The summed E-state index contributed by atoms with van der Waals surface area (Å²) in [6.45, 7) is 0. The normalized spacial score (nSPS) is 10.8. The molecule has 1 N–H and O–H groups in total. The fourth-order valence-electron chi connectivity index (χ4n) is 2.77. The Bertz CT molecular complexity index is 945. The molecule has 120 valence electrons. The maximum Gasteiger partial charge on any atom is 0.260 e. The van der Waals surface area contributed by atoms with Crippen LogP contribution in [0.5, 0.6) is 23.0 Å². The number of ether oxygens (including phenoxy) is 4. The molecule has 0 saturated carbocycles. The molecule has 2 aromatic carbocycles. The Kier molecular flexibility index (Phi) is 3.73. The van der Waals surface area contributed by atoms with Crippen molar-refractivity contribution in [1.82, 2.24) is 4.98 Å². The summed E-state index contributed by atoms with van der Waals surface area (Å²) in [5, 5.41) is 2.02. The fourth-order valence-corrected chi connectivity index (χ4v) is 2.77. The number of methoxy groups -OCH3 is 4. The number of hydrogen-bond donors (Lipinski definition) is 1. The second-order valence-corrected chi connectivity index (χ2v) is 4.93. The van der Waals surface area contributed by atoms with Gasteiger partial charge in [-0.25, -0.2) is 0 Å². The highest BCUT2D eigenvalue weighted by atomic mass is 16.5. The molecule has 0 aliphatic rings. The van der Waals surface area contributed by atoms with E-state index < -0.39 is 0 Å². The van der Waals surface area contributed by atoms with Gasteiger partial charge in [-0.3, -0.25) is 4.79 Å². The molecule has 6 nitrogen and oxygen atoms in total. The molecule has 6 heteroatoms. The van der Waals surface area contributed by atoms with Crippen LogP contribution in [0.2, 0.25) is 0 Å². The minimum absolute atomic E-state index is 0.254. The summed E-state index contributed by atoms with van der Waals surface area (Å²) in [7, 11) is 6.17. The average Bonchev–Trinajstić information content (AvgIpc) is 2.59. The molecule has 0 bridgehead atoms. The molecule has 1 heterocycles. The maximum atomic E-state index is 12.5. The topological polar surface area (TPSA) is 69.8 Å². The van der Waals surface area contributed by atoms with E-state index in [0.29, 0.717) is 33.9 Å². The monoisotopic (exact) mass is 315 g/mol. The van der Waals surface area contributed by atoms with Crippen LogP contribution in [0.15, 0.2) is 29.1 Å². The summed E-state index contributed by atoms with van der Waals surface area (Å²) < 4.78 is 21.3. The van der Waals surface area contributed by atoms with Gasteiger partial charge in [-0.05, 0) is 18.2 Å². The largest absolute Gasteiger partial charge is 0.493 e. The number of H-pyrrole nitrogens is 1. The van der Waals surface area contributed by atoms with E-state index >= 15 is 0 Å². The molecule has 23 heavy (non-hydrogen) atoms. The molecule has 0 aliphatic heterocycles. The summed E-state index contributed by atoms with van der Waals surface area (Å²) >= 11 is 0. The van der Waals surface area contributed by atoms with Crippen LogP contribution in [0.1, 0.15) is 0 Å². The second-order valence-electron chi connectivity index (χ2n) is 4.93. The van der Waals surface area contributed by atoms with Crippen molar-refractivity contribution >= 4 is 21.7 Å². The molecule has 1 aromatic heterocycles. The third kappa shape index (κ3) is 2.23. The van der Waals surface area contributed by atoms with Crippen molar-refractivity contribution in [3.05, 3.63) is 34.6 Å². The molecule has 0 fully saturated rings. The Hall–Kier alpha value is -2.89. The lowest BCUT2D eigenvalue weighted by atomic mass is 10.0. The third-order valence-corrected chi connectivity index (χ3v) is 3.83. The van der Waals surface area contributed by atoms with Gasteiger partial charge in [-0.2, -0.15) is 0 Å². The van der Waals surface area contributed by atoms with E-state index in [9.17, 15) is 4.79 Å². The van der Waals surface area contributed by atoms with Gasteiger partial charge in [0.2, 0.25) is 0 Å². The molecule has 0 saturated heterocycles. The lowest BCUT2D eigenvalue weighted by molar-refractivity contribution is 0.355. The first kappa shape index (κ1) is 15.0. The van der Waals surface area contributed by atoms with E-state index in [0.717, 1.165) is 10.8 Å². The summed E-state index contributed by atoms with van der Waals surface area (Å²) in [6.07, 6.45) is 0. The first-order valence-electron chi connectivity index (χ1n) is 6.97. The number of aromatic amines is 1. The zero-order valence-corrected chi connectivity index (χ0v) is 13.4. The van der Waals surface area contributed by atoms with Gasteiger partial charge in [0.25, 0.3) is 5.56 Å². The minimum atomic E-state index is -0.254. The summed E-state index contributed by atoms with van der Waals surface area (Å²) in [4.78, 5) is 15.4. The van der Waals surface area contributed by atoms with Crippen LogP contribution in [0.3, 0.4) is 0 Å². The van der Waals surface area contributed by atoms with E-state index in [1.807, 2.05) is 12.1 Å². The van der Waals surface area contributed by atoms with Crippen molar-refractivity contribution in [2.24, 2.45) is 0 Å². The number of pyridine rings is 1. The molecule has 3 rings (SSSR count). The standard InChI is InChI=1S/C17H17NO5/c1-20-12-6-5-9-10-7-13(21-2)14(22-3)8-11(10)18-17(19)15(9)16(12)23-4/h5-8H,1-4H3,(H,18,19). The summed E-state index contributed by atoms with van der Waals surface area (Å²) in [5.41, 5.74) is 0.405. The maximum absolute atomic E-state index is 12.5. The van der Waals surface area contributed by atoms with Crippen molar-refractivity contribution < 1.29 is 18.9 Å². The minimum Gasteiger partial charge on any atom is -0.493 e. The van der Waals surface area contributed by atoms with Crippen molar-refractivity contribution in [2.75, 3.05) is 28.4 Å². The van der Waals surface area contributed by atoms with Gasteiger partial charge >= 0.3 is 0 Å². The molecule has 0 spiro atoms. The van der Waals surface area contributed by atoms with E-state index in [1.54, 1.807) is 26.4 Å². The Labute approximate surface area is 132 Å². The van der Waals surface area contributed by atoms with Gasteiger partial charge in [0.15, 0.2) is 23.0 Å². The average molecular weight is 315 g/mol. The molecule has 3 aromatic rings. The lowest BCUT2D eigenvalue weighted by Crippen LogP contribution is -2.09. The smallest absolute Gasteiger partial charge is 0.260 e.